The number of amides is 1. The normalized spacial score (nSPS) is 16.3. The maximum Gasteiger partial charge on any atom is 0.416 e. The number of thioether (sulfide) groups is 1. The lowest BCUT2D eigenvalue weighted by molar-refractivity contribution is -0.137. The Bertz CT molecular complexity index is 1840. The van der Waals surface area contributed by atoms with Crippen LogP contribution in [0.1, 0.15) is 56.9 Å². The average molecular weight is 667 g/mol. The highest BCUT2D eigenvalue weighted by molar-refractivity contribution is 7.98. The summed E-state index contributed by atoms with van der Waals surface area (Å²) in [5.74, 6) is -0.140. The molecule has 3 heterocycles. The highest BCUT2D eigenvalue weighted by Gasteiger charge is 2.41. The Balaban J connectivity index is 1.55. The molecule has 0 aliphatic carbocycles. The first-order valence-corrected chi connectivity index (χ1v) is 15.8. The molecule has 1 aliphatic heterocycles. The molecular formula is C34H33F3N4O5S. The van der Waals surface area contributed by atoms with Crippen molar-refractivity contribution in [2.75, 3.05) is 20.5 Å². The molecule has 0 N–H and O–H groups in total. The molecule has 2 aromatic heterocycles. The van der Waals surface area contributed by atoms with Crippen molar-refractivity contribution in [3.63, 3.8) is 0 Å². The summed E-state index contributed by atoms with van der Waals surface area (Å²) in [7, 11) is 2.82. The molecule has 1 aliphatic rings. The molecule has 1 fully saturated rings. The predicted octanol–water partition coefficient (Wildman–Crippen LogP) is 7.75. The Kier molecular flexibility index (Phi) is 9.48. The molecule has 0 spiro atoms. The number of cyclic esters (lactones) is 1. The van der Waals surface area contributed by atoms with E-state index in [1.54, 1.807) is 44.4 Å². The number of hydrogen-bond donors (Lipinski definition) is 0. The number of carbonyl (C=O) groups is 2. The predicted molar refractivity (Wildman–Crippen MR) is 170 cm³/mol. The van der Waals surface area contributed by atoms with Crippen LogP contribution >= 0.6 is 11.8 Å². The smallest absolute Gasteiger partial charge is 0.416 e. The fraction of sp³-hybridized carbons (Fsp3) is 0.324. The van der Waals surface area contributed by atoms with Gasteiger partial charge in [0.2, 0.25) is 5.88 Å². The molecule has 246 valence electrons. The molecule has 0 saturated carbocycles. The highest BCUT2D eigenvalue weighted by Crippen LogP contribution is 2.40. The molecule has 2 aromatic carbocycles. The summed E-state index contributed by atoms with van der Waals surface area (Å²) in [4.78, 5) is 40.7. The first-order chi connectivity index (χ1) is 22.2. The summed E-state index contributed by atoms with van der Waals surface area (Å²) < 4.78 is 56.9. The number of alkyl halides is 3. The van der Waals surface area contributed by atoms with Crippen molar-refractivity contribution in [3.8, 4) is 28.1 Å². The summed E-state index contributed by atoms with van der Waals surface area (Å²) >= 11 is 1.32. The van der Waals surface area contributed by atoms with E-state index in [0.717, 1.165) is 34.4 Å². The Labute approximate surface area is 274 Å². The standard InChI is InChI=1S/C34H33F3N4O5S/c1-17-8-21(12-24(9-17)34(35,36)37)29-20(4)41(33(43)46-29)16-27-26(15-39-32(40-27)47-7)25-13-23(14-38-30(25)44-5)28-18(2)10-22(11-19(28)3)31(42)45-6/h8-15,20,29H,16H2,1-7H3/t20-,29-/m0/s1. The summed E-state index contributed by atoms with van der Waals surface area (Å²) in [6.07, 6.45) is -1.01. The van der Waals surface area contributed by atoms with Gasteiger partial charge in [-0.15, -0.1) is 0 Å². The molecule has 2 atom stereocenters. The van der Waals surface area contributed by atoms with E-state index in [0.29, 0.717) is 39.0 Å². The molecule has 0 bridgehead atoms. The second-order valence-electron chi connectivity index (χ2n) is 11.3. The van der Waals surface area contributed by atoms with Gasteiger partial charge in [-0.2, -0.15) is 13.2 Å². The van der Waals surface area contributed by atoms with Gasteiger partial charge in [-0.1, -0.05) is 23.4 Å². The molecule has 5 rings (SSSR count). The average Bonchev–Trinajstić information content (AvgIpc) is 3.31. The number of esters is 1. The summed E-state index contributed by atoms with van der Waals surface area (Å²) in [6.45, 7) is 7.07. The number of halogens is 3. The zero-order valence-electron chi connectivity index (χ0n) is 26.9. The third kappa shape index (κ3) is 6.76. The van der Waals surface area contributed by atoms with Crippen LogP contribution in [0.5, 0.6) is 5.88 Å². The SMILES string of the molecule is COC(=O)c1cc(C)c(-c2cnc(OC)c(-c3cnc(SC)nc3CN3C(=O)O[C@H](c4cc(C)cc(C(F)(F)F)c4)[C@@H]3C)c2)c(C)c1. The zero-order chi connectivity index (χ0) is 34.2. The van der Waals surface area contributed by atoms with E-state index >= 15 is 0 Å². The van der Waals surface area contributed by atoms with E-state index in [4.69, 9.17) is 19.2 Å². The molecule has 0 radical (unpaired) electrons. The van der Waals surface area contributed by atoms with Gasteiger partial charge >= 0.3 is 18.2 Å². The minimum atomic E-state index is -4.54. The number of benzene rings is 2. The van der Waals surface area contributed by atoms with E-state index in [-0.39, 0.29) is 12.1 Å². The first-order valence-electron chi connectivity index (χ1n) is 14.6. The Morgan fingerprint density at radius 1 is 1.00 bits per heavy atom. The van der Waals surface area contributed by atoms with Crippen molar-refractivity contribution in [3.05, 3.63) is 87.9 Å². The van der Waals surface area contributed by atoms with Crippen LogP contribution in [0, 0.1) is 20.8 Å². The monoisotopic (exact) mass is 666 g/mol. The number of nitrogens with zero attached hydrogens (tertiary/aromatic N) is 4. The van der Waals surface area contributed by atoms with Gasteiger partial charge in [0.05, 0.1) is 43.6 Å². The summed E-state index contributed by atoms with van der Waals surface area (Å²) in [5.41, 5.74) is 5.17. The largest absolute Gasteiger partial charge is 0.481 e. The van der Waals surface area contributed by atoms with Gasteiger partial charge in [0.15, 0.2) is 5.16 Å². The quantitative estimate of drug-likeness (QED) is 0.106. The zero-order valence-corrected chi connectivity index (χ0v) is 27.7. The van der Waals surface area contributed by atoms with Crippen LogP contribution in [0.15, 0.2) is 53.9 Å². The van der Waals surface area contributed by atoms with E-state index in [2.05, 4.69) is 9.97 Å². The van der Waals surface area contributed by atoms with Crippen LogP contribution in [-0.4, -0.2) is 58.4 Å². The van der Waals surface area contributed by atoms with Crippen LogP contribution in [-0.2, 0) is 22.2 Å². The van der Waals surface area contributed by atoms with Gasteiger partial charge in [-0.05, 0) is 86.5 Å². The van der Waals surface area contributed by atoms with Gasteiger partial charge in [0.1, 0.15) is 6.10 Å². The number of carbonyl (C=O) groups excluding carboxylic acids is 2. The van der Waals surface area contributed by atoms with Crippen LogP contribution in [0.3, 0.4) is 0 Å². The molecule has 1 saturated heterocycles. The fourth-order valence-corrected chi connectivity index (χ4v) is 6.26. The van der Waals surface area contributed by atoms with E-state index < -0.39 is 35.9 Å². The molecule has 1 amide bonds. The Hall–Kier alpha value is -4.65. The maximum absolute atomic E-state index is 13.6. The molecule has 47 heavy (non-hydrogen) atoms. The lowest BCUT2D eigenvalue weighted by Crippen LogP contribution is -2.32. The topological polar surface area (TPSA) is 104 Å². The van der Waals surface area contributed by atoms with Crippen molar-refractivity contribution < 1.29 is 37.0 Å². The number of aryl methyl sites for hydroxylation is 3. The van der Waals surface area contributed by atoms with Crippen molar-refractivity contribution in [1.29, 1.82) is 0 Å². The van der Waals surface area contributed by atoms with Gasteiger partial charge in [-0.25, -0.2) is 24.5 Å². The van der Waals surface area contributed by atoms with E-state index in [9.17, 15) is 22.8 Å². The number of aromatic nitrogens is 3. The van der Waals surface area contributed by atoms with Crippen LogP contribution < -0.4 is 4.74 Å². The van der Waals surface area contributed by atoms with E-state index in [1.807, 2.05) is 26.2 Å². The minimum Gasteiger partial charge on any atom is -0.481 e. The number of rotatable bonds is 8. The van der Waals surface area contributed by atoms with E-state index in [1.165, 1.54) is 30.9 Å². The van der Waals surface area contributed by atoms with Crippen LogP contribution in [0.4, 0.5) is 18.0 Å². The van der Waals surface area contributed by atoms with Crippen molar-refractivity contribution in [1.82, 2.24) is 19.9 Å². The highest BCUT2D eigenvalue weighted by atomic mass is 32.2. The second kappa shape index (κ2) is 13.2. The molecule has 0 unspecified atom stereocenters. The Morgan fingerprint density at radius 2 is 1.70 bits per heavy atom. The third-order valence-electron chi connectivity index (χ3n) is 8.07. The lowest BCUT2D eigenvalue weighted by Gasteiger charge is -2.23. The van der Waals surface area contributed by atoms with Crippen molar-refractivity contribution in [2.45, 2.75) is 57.7 Å². The first kappa shape index (κ1) is 33.7. The summed E-state index contributed by atoms with van der Waals surface area (Å²) in [6, 6.07) is 8.46. The van der Waals surface area contributed by atoms with Crippen LogP contribution in [0.25, 0.3) is 22.3 Å². The summed E-state index contributed by atoms with van der Waals surface area (Å²) in [5, 5.41) is 0.460. The van der Waals surface area contributed by atoms with Gasteiger partial charge in [-0.3, -0.25) is 4.90 Å². The number of ether oxygens (including phenoxy) is 3. The van der Waals surface area contributed by atoms with Gasteiger partial charge < -0.3 is 14.2 Å². The van der Waals surface area contributed by atoms with Crippen molar-refractivity contribution >= 4 is 23.8 Å². The van der Waals surface area contributed by atoms with Gasteiger partial charge in [0.25, 0.3) is 0 Å². The lowest BCUT2D eigenvalue weighted by atomic mass is 9.92. The molecular weight excluding hydrogens is 633 g/mol. The maximum atomic E-state index is 13.6. The number of methoxy groups -OCH3 is 2. The van der Waals surface area contributed by atoms with Crippen molar-refractivity contribution in [2.24, 2.45) is 0 Å². The molecule has 4 aromatic rings. The fourth-order valence-electron chi connectivity index (χ4n) is 5.90. The Morgan fingerprint density at radius 3 is 2.32 bits per heavy atom. The minimum absolute atomic E-state index is 0.0148. The second-order valence-corrected chi connectivity index (χ2v) is 12.1. The van der Waals surface area contributed by atoms with Crippen LogP contribution in [0.2, 0.25) is 0 Å². The van der Waals surface area contributed by atoms with Gasteiger partial charge in [0, 0.05) is 29.1 Å². The third-order valence-corrected chi connectivity index (χ3v) is 8.63. The number of hydrogen-bond acceptors (Lipinski definition) is 9. The molecule has 9 nitrogen and oxygen atoms in total. The number of pyridine rings is 1. The molecule has 13 heteroatoms.